The molecular formula is C17H15N3O. The van der Waals surface area contributed by atoms with Gasteiger partial charge in [-0.05, 0) is 23.6 Å². The van der Waals surface area contributed by atoms with Crippen LogP contribution in [0.15, 0.2) is 48.5 Å². The summed E-state index contributed by atoms with van der Waals surface area (Å²) in [6.45, 7) is 0.664. The number of H-pyrrole nitrogens is 1. The quantitative estimate of drug-likeness (QED) is 0.773. The van der Waals surface area contributed by atoms with E-state index in [1.54, 1.807) is 0 Å². The average Bonchev–Trinajstić information content (AvgIpc) is 2.92. The minimum atomic E-state index is -0.114. The topological polar surface area (TPSA) is 57.8 Å². The maximum atomic E-state index is 12.3. The smallest absolute Gasteiger partial charge is 0.272 e. The van der Waals surface area contributed by atoms with Gasteiger partial charge in [-0.3, -0.25) is 9.89 Å². The van der Waals surface area contributed by atoms with Gasteiger partial charge in [-0.1, -0.05) is 42.5 Å². The lowest BCUT2D eigenvalue weighted by Gasteiger charge is -2.30. The zero-order chi connectivity index (χ0) is 14.2. The summed E-state index contributed by atoms with van der Waals surface area (Å²) in [6, 6.07) is 16.1. The third-order valence-corrected chi connectivity index (χ3v) is 4.16. The highest BCUT2D eigenvalue weighted by atomic mass is 16.1. The minimum absolute atomic E-state index is 0.114. The molecule has 0 aliphatic heterocycles. The summed E-state index contributed by atoms with van der Waals surface area (Å²) in [4.78, 5) is 12.3. The summed E-state index contributed by atoms with van der Waals surface area (Å²) in [5.41, 5.74) is 4.10. The van der Waals surface area contributed by atoms with Crippen molar-refractivity contribution in [3.05, 3.63) is 65.4 Å². The molecule has 1 unspecified atom stereocenters. The van der Waals surface area contributed by atoms with E-state index in [-0.39, 0.29) is 5.91 Å². The molecule has 3 aromatic rings. The number of para-hydroxylation sites is 1. The van der Waals surface area contributed by atoms with E-state index in [0.717, 1.165) is 17.3 Å². The van der Waals surface area contributed by atoms with Gasteiger partial charge < -0.3 is 5.32 Å². The fourth-order valence-corrected chi connectivity index (χ4v) is 2.98. The van der Waals surface area contributed by atoms with Gasteiger partial charge in [0, 0.05) is 17.8 Å². The highest BCUT2D eigenvalue weighted by Gasteiger charge is 2.26. The second-order valence-electron chi connectivity index (χ2n) is 5.43. The molecule has 0 fully saturated rings. The number of amides is 1. The van der Waals surface area contributed by atoms with Crippen LogP contribution in [-0.2, 0) is 6.42 Å². The first-order chi connectivity index (χ1) is 10.3. The van der Waals surface area contributed by atoms with Crippen molar-refractivity contribution < 1.29 is 4.79 Å². The van der Waals surface area contributed by atoms with Crippen LogP contribution in [0.2, 0.25) is 0 Å². The van der Waals surface area contributed by atoms with Gasteiger partial charge in [0.1, 0.15) is 0 Å². The molecule has 0 spiro atoms. The first-order valence-corrected chi connectivity index (χ1v) is 7.12. The Morgan fingerprint density at radius 3 is 2.90 bits per heavy atom. The highest BCUT2D eigenvalue weighted by Crippen LogP contribution is 2.34. The van der Waals surface area contributed by atoms with Crippen LogP contribution < -0.4 is 5.32 Å². The Labute approximate surface area is 122 Å². The van der Waals surface area contributed by atoms with Crippen molar-refractivity contribution in [2.45, 2.75) is 12.3 Å². The van der Waals surface area contributed by atoms with Gasteiger partial charge >= 0.3 is 0 Å². The largest absolute Gasteiger partial charge is 0.350 e. The lowest BCUT2D eigenvalue weighted by molar-refractivity contribution is 0.0946. The van der Waals surface area contributed by atoms with Gasteiger partial charge in [-0.15, -0.1) is 0 Å². The number of carbonyl (C=O) groups is 1. The zero-order valence-electron chi connectivity index (χ0n) is 11.5. The maximum absolute atomic E-state index is 12.3. The van der Waals surface area contributed by atoms with Crippen molar-refractivity contribution in [2.75, 3.05) is 6.54 Å². The molecule has 2 aromatic carbocycles. The number of carbonyl (C=O) groups excluding carboxylic acids is 1. The minimum Gasteiger partial charge on any atom is -0.350 e. The van der Waals surface area contributed by atoms with Crippen LogP contribution in [0.1, 0.15) is 27.5 Å². The van der Waals surface area contributed by atoms with Crippen molar-refractivity contribution >= 4 is 16.8 Å². The van der Waals surface area contributed by atoms with E-state index in [4.69, 9.17) is 0 Å². The number of hydrogen-bond donors (Lipinski definition) is 2. The van der Waals surface area contributed by atoms with Crippen LogP contribution >= 0.6 is 0 Å². The Bertz CT molecular complexity index is 822. The molecule has 4 rings (SSSR count). The normalized spacial score (nSPS) is 16.3. The monoisotopic (exact) mass is 277 g/mol. The number of rotatable bonds is 3. The number of benzene rings is 2. The van der Waals surface area contributed by atoms with Gasteiger partial charge in [-0.2, -0.15) is 5.10 Å². The first-order valence-electron chi connectivity index (χ1n) is 7.12. The number of hydrogen-bond acceptors (Lipinski definition) is 2. The van der Waals surface area contributed by atoms with Crippen LogP contribution in [-0.4, -0.2) is 22.6 Å². The molecule has 1 aliphatic rings. The second-order valence-corrected chi connectivity index (χ2v) is 5.43. The van der Waals surface area contributed by atoms with E-state index in [9.17, 15) is 4.79 Å². The third kappa shape index (κ3) is 2.00. The van der Waals surface area contributed by atoms with Gasteiger partial charge in [0.25, 0.3) is 5.91 Å². The van der Waals surface area contributed by atoms with E-state index in [2.05, 4.69) is 33.7 Å². The summed E-state index contributed by atoms with van der Waals surface area (Å²) in [5, 5.41) is 10.9. The van der Waals surface area contributed by atoms with Crippen molar-refractivity contribution in [3.63, 3.8) is 0 Å². The van der Waals surface area contributed by atoms with Crippen molar-refractivity contribution in [2.24, 2.45) is 0 Å². The van der Waals surface area contributed by atoms with Gasteiger partial charge in [-0.25, -0.2) is 0 Å². The molecule has 2 N–H and O–H groups in total. The summed E-state index contributed by atoms with van der Waals surface area (Å²) in [7, 11) is 0. The molecule has 21 heavy (non-hydrogen) atoms. The molecule has 1 heterocycles. The number of nitrogens with zero attached hydrogens (tertiary/aromatic N) is 1. The molecule has 4 nitrogen and oxygen atoms in total. The molecule has 1 aliphatic carbocycles. The Hall–Kier alpha value is -2.62. The predicted octanol–water partition coefficient (Wildman–Crippen LogP) is 2.63. The van der Waals surface area contributed by atoms with Crippen LogP contribution in [0.5, 0.6) is 0 Å². The molecule has 104 valence electrons. The lowest BCUT2D eigenvalue weighted by Crippen LogP contribution is -2.33. The van der Waals surface area contributed by atoms with Gasteiger partial charge in [0.2, 0.25) is 0 Å². The lowest BCUT2D eigenvalue weighted by atomic mass is 9.77. The SMILES string of the molecule is O=C(NCC1Cc2ccccc21)c1n[nH]c2ccccc12. The Kier molecular flexibility index (Phi) is 2.74. The van der Waals surface area contributed by atoms with Crippen LogP contribution in [0.25, 0.3) is 10.9 Å². The predicted molar refractivity (Wildman–Crippen MR) is 81.3 cm³/mol. The van der Waals surface area contributed by atoms with Gasteiger partial charge in [0.05, 0.1) is 5.52 Å². The van der Waals surface area contributed by atoms with Crippen LogP contribution in [0.3, 0.4) is 0 Å². The van der Waals surface area contributed by atoms with Crippen LogP contribution in [0.4, 0.5) is 0 Å². The zero-order valence-corrected chi connectivity index (χ0v) is 11.5. The third-order valence-electron chi connectivity index (χ3n) is 4.16. The number of fused-ring (bicyclic) bond motifs is 2. The molecule has 4 heteroatoms. The Morgan fingerprint density at radius 1 is 1.19 bits per heavy atom. The fourth-order valence-electron chi connectivity index (χ4n) is 2.98. The number of aromatic amines is 1. The van der Waals surface area contributed by atoms with E-state index in [0.29, 0.717) is 18.2 Å². The molecule has 0 bridgehead atoms. The van der Waals surface area contributed by atoms with Crippen LogP contribution in [0, 0.1) is 0 Å². The van der Waals surface area contributed by atoms with E-state index in [1.807, 2.05) is 30.3 Å². The molecule has 1 atom stereocenters. The van der Waals surface area contributed by atoms with Gasteiger partial charge in [0.15, 0.2) is 5.69 Å². The van der Waals surface area contributed by atoms with E-state index >= 15 is 0 Å². The summed E-state index contributed by atoms with van der Waals surface area (Å²) >= 11 is 0. The molecule has 0 saturated carbocycles. The molecule has 0 radical (unpaired) electrons. The van der Waals surface area contributed by atoms with Crippen molar-refractivity contribution in [1.29, 1.82) is 0 Å². The number of aromatic nitrogens is 2. The average molecular weight is 277 g/mol. The van der Waals surface area contributed by atoms with E-state index < -0.39 is 0 Å². The molecule has 1 aromatic heterocycles. The number of nitrogens with one attached hydrogen (secondary N) is 2. The van der Waals surface area contributed by atoms with Crippen molar-refractivity contribution in [3.8, 4) is 0 Å². The molecule has 1 amide bonds. The summed E-state index contributed by atoms with van der Waals surface area (Å²) in [5.74, 6) is 0.312. The molecule has 0 saturated heterocycles. The highest BCUT2D eigenvalue weighted by molar-refractivity contribution is 6.04. The summed E-state index contributed by atoms with van der Waals surface area (Å²) < 4.78 is 0. The van der Waals surface area contributed by atoms with E-state index in [1.165, 1.54) is 11.1 Å². The van der Waals surface area contributed by atoms with Crippen molar-refractivity contribution in [1.82, 2.24) is 15.5 Å². The Morgan fingerprint density at radius 2 is 2.00 bits per heavy atom. The Balaban J connectivity index is 1.48. The summed E-state index contributed by atoms with van der Waals surface area (Å²) in [6.07, 6.45) is 1.04. The first kappa shape index (κ1) is 12.1. The fraction of sp³-hybridized carbons (Fsp3) is 0.176. The standard InChI is InChI=1S/C17H15N3O/c21-17(16-14-7-3-4-8-15(14)19-20-16)18-10-12-9-11-5-1-2-6-13(11)12/h1-8,12H,9-10H2,(H,18,21)(H,19,20). The second kappa shape index (κ2) is 4.74. The molecular weight excluding hydrogens is 262 g/mol. The maximum Gasteiger partial charge on any atom is 0.272 e.